The fraction of sp³-hybridized carbons (Fsp3) is 0.587. The summed E-state index contributed by atoms with van der Waals surface area (Å²) in [5.74, 6) is -1.33. The van der Waals surface area contributed by atoms with Crippen LogP contribution in [-0.4, -0.2) is 122 Å². The molecule has 1 saturated heterocycles. The van der Waals surface area contributed by atoms with Crippen LogP contribution in [-0.2, 0) is 41.6 Å². The Hall–Kier alpha value is -4.37. The summed E-state index contributed by atoms with van der Waals surface area (Å²) < 4.78 is 12.1. The van der Waals surface area contributed by atoms with Crippen molar-refractivity contribution in [3.05, 3.63) is 82.3 Å². The molecule has 0 radical (unpaired) electrons. The Bertz CT molecular complexity index is 1780. The van der Waals surface area contributed by atoms with E-state index in [1.807, 2.05) is 118 Å². The molecule has 5 unspecified atom stereocenters. The lowest BCUT2D eigenvalue weighted by Gasteiger charge is -2.39. The number of methoxy groups -OCH3 is 2. The van der Waals surface area contributed by atoms with Gasteiger partial charge in [0, 0.05) is 58.7 Å². The van der Waals surface area contributed by atoms with Gasteiger partial charge in [-0.2, -0.15) is 0 Å². The maximum Gasteiger partial charge on any atom is 0.242 e. The normalized spacial score (nSPS) is 17.7. The minimum atomic E-state index is -0.610. The van der Waals surface area contributed by atoms with Gasteiger partial charge >= 0.3 is 0 Å². The Kier molecular flexibility index (Phi) is 19.0. The van der Waals surface area contributed by atoms with Crippen molar-refractivity contribution < 1.29 is 28.7 Å². The fourth-order valence-corrected chi connectivity index (χ4v) is 9.34. The van der Waals surface area contributed by atoms with Gasteiger partial charge in [0.2, 0.25) is 23.6 Å². The number of nitrogens with one attached hydrogen (secondary N) is 3. The number of anilines is 1. The van der Waals surface area contributed by atoms with E-state index in [0.717, 1.165) is 34.7 Å². The molecule has 330 valence electrons. The number of hydrogen-bond donors (Lipinski definition) is 3. The van der Waals surface area contributed by atoms with E-state index in [9.17, 15) is 19.2 Å². The second-order valence-corrected chi connectivity index (χ2v) is 17.5. The number of rotatable bonds is 23. The summed E-state index contributed by atoms with van der Waals surface area (Å²) in [7, 11) is 8.69. The number of carbonyl (C=O) groups excluding carboxylic acids is 4. The largest absolute Gasteiger partial charge is 0.388 e. The standard InChI is InChI=1S/C46H69N7O6S/c1-11-31(4)42(52(8)40(55)28-49-45(57)41(30(2)3)51(7)29-34-19-21-35(47-6)22-20-34)38(58-9)27-39(54)53-24-15-18-37(53)43(59-10)32(5)44(56)50-36(46-48-23-25-60-46)26-33-16-13-12-14-17-33/h12-14,16-17,19-23,25,30-32,36-38,41-43,47H,11,15,18,24,26-29H2,1-10H3,(H,49,57)(H,50,56)/t31?,32-,36+,37+,38?,41?,42?,43?/m1/s1. The molecule has 0 saturated carbocycles. The van der Waals surface area contributed by atoms with Crippen LogP contribution in [0.25, 0.3) is 0 Å². The number of nitrogens with zero attached hydrogens (tertiary/aromatic N) is 4. The van der Waals surface area contributed by atoms with Crippen LogP contribution in [0.3, 0.4) is 0 Å². The molecule has 3 aromatic rings. The number of thiazole rings is 1. The molecule has 0 aliphatic carbocycles. The van der Waals surface area contributed by atoms with Gasteiger partial charge in [-0.25, -0.2) is 4.98 Å². The van der Waals surface area contributed by atoms with Gasteiger partial charge < -0.3 is 35.2 Å². The molecule has 2 aromatic carbocycles. The van der Waals surface area contributed by atoms with Crippen molar-refractivity contribution in [2.45, 2.75) is 110 Å². The van der Waals surface area contributed by atoms with E-state index in [2.05, 4.69) is 20.9 Å². The van der Waals surface area contributed by atoms with Gasteiger partial charge in [-0.1, -0.05) is 83.5 Å². The number of aromatic nitrogens is 1. The van der Waals surface area contributed by atoms with E-state index >= 15 is 0 Å². The van der Waals surface area contributed by atoms with Gasteiger partial charge in [-0.15, -0.1) is 11.3 Å². The Morgan fingerprint density at radius 2 is 1.65 bits per heavy atom. The van der Waals surface area contributed by atoms with Gasteiger partial charge in [0.25, 0.3) is 0 Å². The number of likely N-dealkylation sites (N-methyl/N-ethyl adjacent to an activating group) is 2. The molecular formula is C46H69N7O6S. The van der Waals surface area contributed by atoms with Crippen LogP contribution in [0, 0.1) is 17.8 Å². The summed E-state index contributed by atoms with van der Waals surface area (Å²) in [6, 6.07) is 16.6. The number of amides is 4. The maximum atomic E-state index is 14.3. The minimum Gasteiger partial charge on any atom is -0.388 e. The van der Waals surface area contributed by atoms with Crippen LogP contribution in [0.2, 0.25) is 0 Å². The smallest absolute Gasteiger partial charge is 0.242 e. The van der Waals surface area contributed by atoms with Crippen LogP contribution in [0.4, 0.5) is 5.69 Å². The average molecular weight is 848 g/mol. The summed E-state index contributed by atoms with van der Waals surface area (Å²) in [4.78, 5) is 65.6. The zero-order chi connectivity index (χ0) is 43.9. The highest BCUT2D eigenvalue weighted by Gasteiger charge is 2.42. The first-order chi connectivity index (χ1) is 28.7. The monoisotopic (exact) mass is 848 g/mol. The lowest BCUT2D eigenvalue weighted by atomic mass is 9.90. The molecule has 1 aromatic heterocycles. The van der Waals surface area contributed by atoms with E-state index in [1.165, 1.54) is 11.3 Å². The quantitative estimate of drug-likeness (QED) is 0.108. The molecular weight excluding hydrogens is 779 g/mol. The number of benzene rings is 2. The van der Waals surface area contributed by atoms with Crippen LogP contribution in [0.15, 0.2) is 66.2 Å². The molecule has 13 nitrogen and oxygen atoms in total. The number of hydrogen-bond acceptors (Lipinski definition) is 10. The van der Waals surface area contributed by atoms with E-state index in [4.69, 9.17) is 9.47 Å². The van der Waals surface area contributed by atoms with Crippen molar-refractivity contribution in [1.29, 1.82) is 0 Å². The second-order valence-electron chi connectivity index (χ2n) is 16.5. The summed E-state index contributed by atoms with van der Waals surface area (Å²) in [6.45, 7) is 10.9. The lowest BCUT2D eigenvalue weighted by molar-refractivity contribution is -0.146. The minimum absolute atomic E-state index is 0.000677. The van der Waals surface area contributed by atoms with Gasteiger partial charge in [0.05, 0.1) is 55.3 Å². The maximum absolute atomic E-state index is 14.3. The van der Waals surface area contributed by atoms with E-state index < -0.39 is 30.2 Å². The zero-order valence-electron chi connectivity index (χ0n) is 37.4. The third kappa shape index (κ3) is 12.8. The molecule has 2 heterocycles. The van der Waals surface area contributed by atoms with Crippen molar-refractivity contribution in [3.63, 3.8) is 0 Å². The van der Waals surface area contributed by atoms with Gasteiger partial charge in [-0.3, -0.25) is 24.1 Å². The molecule has 0 bridgehead atoms. The van der Waals surface area contributed by atoms with Crippen molar-refractivity contribution in [2.75, 3.05) is 53.8 Å². The molecule has 0 spiro atoms. The molecule has 1 fully saturated rings. The third-order valence-corrected chi connectivity index (χ3v) is 13.0. The molecule has 1 aliphatic rings. The van der Waals surface area contributed by atoms with Crippen LogP contribution in [0.5, 0.6) is 0 Å². The first kappa shape index (κ1) is 48.3. The summed E-state index contributed by atoms with van der Waals surface area (Å²) in [5, 5.41) is 12.0. The Balaban J connectivity index is 1.41. The molecule has 14 heteroatoms. The molecule has 60 heavy (non-hydrogen) atoms. The number of carbonyl (C=O) groups is 4. The van der Waals surface area contributed by atoms with E-state index in [1.54, 1.807) is 32.4 Å². The van der Waals surface area contributed by atoms with E-state index in [-0.39, 0.29) is 60.5 Å². The van der Waals surface area contributed by atoms with Crippen LogP contribution < -0.4 is 16.0 Å². The molecule has 8 atom stereocenters. The van der Waals surface area contributed by atoms with Gasteiger partial charge in [0.1, 0.15) is 5.01 Å². The van der Waals surface area contributed by atoms with Crippen LogP contribution in [0.1, 0.15) is 82.5 Å². The first-order valence-corrected chi connectivity index (χ1v) is 22.2. The first-order valence-electron chi connectivity index (χ1n) is 21.3. The molecule has 1 aliphatic heterocycles. The van der Waals surface area contributed by atoms with Crippen molar-refractivity contribution in [2.24, 2.45) is 17.8 Å². The number of ether oxygens (including phenoxy) is 2. The van der Waals surface area contributed by atoms with Gasteiger partial charge in [0.15, 0.2) is 0 Å². The predicted octanol–water partition coefficient (Wildman–Crippen LogP) is 5.78. The van der Waals surface area contributed by atoms with Crippen molar-refractivity contribution >= 4 is 40.7 Å². The lowest BCUT2D eigenvalue weighted by Crippen LogP contribution is -2.55. The molecule has 3 N–H and O–H groups in total. The average Bonchev–Trinajstić information content (AvgIpc) is 3.97. The summed E-state index contributed by atoms with van der Waals surface area (Å²) >= 11 is 1.50. The highest BCUT2D eigenvalue weighted by Crippen LogP contribution is 2.30. The van der Waals surface area contributed by atoms with Crippen LogP contribution >= 0.6 is 11.3 Å². The summed E-state index contributed by atoms with van der Waals surface area (Å²) in [5.41, 5.74) is 3.18. The molecule has 4 amide bonds. The van der Waals surface area contributed by atoms with Crippen molar-refractivity contribution in [3.8, 4) is 0 Å². The Morgan fingerprint density at radius 3 is 2.23 bits per heavy atom. The highest BCUT2D eigenvalue weighted by molar-refractivity contribution is 7.09. The zero-order valence-corrected chi connectivity index (χ0v) is 38.2. The third-order valence-electron chi connectivity index (χ3n) is 12.1. The topological polar surface area (TPSA) is 145 Å². The SMILES string of the molecule is CCC(C)C(C(CC(=O)N1CCC[C@H]1C(OC)[C@@H](C)C(=O)N[C@@H](Cc1ccccc1)c1nccs1)OC)N(C)C(=O)CNC(=O)C(C(C)C)N(C)Cc1ccc(NC)cc1. The summed E-state index contributed by atoms with van der Waals surface area (Å²) in [6.07, 6.45) is 3.45. The highest BCUT2D eigenvalue weighted by atomic mass is 32.1. The Labute approximate surface area is 362 Å². The predicted molar refractivity (Wildman–Crippen MR) is 238 cm³/mol. The molecule has 4 rings (SSSR count). The second kappa shape index (κ2) is 23.6. The number of likely N-dealkylation sites (tertiary alicyclic amines) is 1. The van der Waals surface area contributed by atoms with Crippen molar-refractivity contribution in [1.82, 2.24) is 30.3 Å². The van der Waals surface area contributed by atoms with Gasteiger partial charge in [-0.05, 0) is 61.4 Å². The Morgan fingerprint density at radius 1 is 0.950 bits per heavy atom. The van der Waals surface area contributed by atoms with E-state index in [0.29, 0.717) is 25.9 Å². The fourth-order valence-electron chi connectivity index (χ4n) is 8.65.